The molecule has 2 saturated heterocycles. The quantitative estimate of drug-likeness (QED) is 0.662. The summed E-state index contributed by atoms with van der Waals surface area (Å²) in [5.74, 6) is 0.271. The Kier molecular flexibility index (Phi) is 6.27. The highest BCUT2D eigenvalue weighted by Crippen LogP contribution is 2.28. The van der Waals surface area contributed by atoms with Gasteiger partial charge < -0.3 is 9.64 Å². The number of aromatic nitrogens is 1. The lowest BCUT2D eigenvalue weighted by atomic mass is 10.1. The van der Waals surface area contributed by atoms with E-state index >= 15 is 0 Å². The van der Waals surface area contributed by atoms with Crippen LogP contribution in [0, 0.1) is 0 Å². The number of imide groups is 1. The Balaban J connectivity index is 1.37. The van der Waals surface area contributed by atoms with Gasteiger partial charge in [-0.1, -0.05) is 6.92 Å². The molecule has 4 rings (SSSR count). The average molecular weight is 422 g/mol. The Morgan fingerprint density at radius 2 is 1.71 bits per heavy atom. The average Bonchev–Trinajstić information content (AvgIpc) is 3.12. The first-order valence-electron chi connectivity index (χ1n) is 10.6. The zero-order valence-corrected chi connectivity index (χ0v) is 17.6. The summed E-state index contributed by atoms with van der Waals surface area (Å²) in [6, 6.07) is 9.96. The number of pyridine rings is 1. The molecule has 0 bridgehead atoms. The minimum absolute atomic E-state index is 0.0390. The zero-order chi connectivity index (χ0) is 21.8. The Morgan fingerprint density at radius 1 is 1.03 bits per heavy atom. The number of hydrogen-bond donors (Lipinski definition) is 0. The Bertz CT molecular complexity index is 940. The van der Waals surface area contributed by atoms with Crippen molar-refractivity contribution >= 4 is 23.4 Å². The number of anilines is 1. The van der Waals surface area contributed by atoms with Gasteiger partial charge in [-0.3, -0.25) is 24.3 Å². The number of amides is 3. The SMILES string of the molecule is CCCOc1ccc(N2C(=O)C[C@@H](N3CCN(C(=O)c4ccncc4)CC3)C2=O)cc1. The first-order valence-corrected chi connectivity index (χ1v) is 10.6. The van der Waals surface area contributed by atoms with Crippen molar-refractivity contribution in [2.75, 3.05) is 37.7 Å². The minimum atomic E-state index is -0.485. The molecule has 8 nitrogen and oxygen atoms in total. The maximum Gasteiger partial charge on any atom is 0.254 e. The van der Waals surface area contributed by atoms with Gasteiger partial charge in [0.1, 0.15) is 5.75 Å². The van der Waals surface area contributed by atoms with E-state index in [-0.39, 0.29) is 24.1 Å². The van der Waals surface area contributed by atoms with Gasteiger partial charge in [-0.2, -0.15) is 0 Å². The van der Waals surface area contributed by atoms with Crippen LogP contribution in [0.2, 0.25) is 0 Å². The number of hydrogen-bond acceptors (Lipinski definition) is 6. The molecule has 2 aliphatic heterocycles. The first-order chi connectivity index (χ1) is 15.1. The van der Waals surface area contributed by atoms with Crippen molar-refractivity contribution in [2.24, 2.45) is 0 Å². The molecule has 162 valence electrons. The van der Waals surface area contributed by atoms with Gasteiger partial charge in [0.15, 0.2) is 0 Å². The molecule has 1 aromatic carbocycles. The van der Waals surface area contributed by atoms with Crippen LogP contribution in [0.15, 0.2) is 48.8 Å². The van der Waals surface area contributed by atoms with Gasteiger partial charge in [-0.25, -0.2) is 4.90 Å². The Hall–Kier alpha value is -3.26. The van der Waals surface area contributed by atoms with Crippen LogP contribution in [-0.4, -0.2) is 71.3 Å². The van der Waals surface area contributed by atoms with Crippen LogP contribution in [0.25, 0.3) is 0 Å². The van der Waals surface area contributed by atoms with Crippen LogP contribution in [0.5, 0.6) is 5.75 Å². The van der Waals surface area contributed by atoms with Gasteiger partial charge in [0.25, 0.3) is 11.8 Å². The van der Waals surface area contributed by atoms with Crippen molar-refractivity contribution in [1.82, 2.24) is 14.8 Å². The van der Waals surface area contributed by atoms with Crippen molar-refractivity contribution in [3.63, 3.8) is 0 Å². The van der Waals surface area contributed by atoms with Gasteiger partial charge in [0.05, 0.1) is 24.8 Å². The molecule has 3 heterocycles. The number of ether oxygens (including phenoxy) is 1. The molecular weight excluding hydrogens is 396 g/mol. The van der Waals surface area contributed by atoms with E-state index in [1.807, 2.05) is 11.8 Å². The molecule has 0 saturated carbocycles. The third-order valence-electron chi connectivity index (χ3n) is 5.66. The van der Waals surface area contributed by atoms with Gasteiger partial charge >= 0.3 is 0 Å². The minimum Gasteiger partial charge on any atom is -0.494 e. The smallest absolute Gasteiger partial charge is 0.254 e. The largest absolute Gasteiger partial charge is 0.494 e. The number of carbonyl (C=O) groups is 3. The zero-order valence-electron chi connectivity index (χ0n) is 17.6. The summed E-state index contributed by atoms with van der Waals surface area (Å²) >= 11 is 0. The first kappa shape index (κ1) is 21.0. The summed E-state index contributed by atoms with van der Waals surface area (Å²) in [5, 5.41) is 0. The van der Waals surface area contributed by atoms with E-state index < -0.39 is 6.04 Å². The number of benzene rings is 1. The normalized spacial score (nSPS) is 19.7. The van der Waals surface area contributed by atoms with Crippen molar-refractivity contribution < 1.29 is 19.1 Å². The van der Waals surface area contributed by atoms with E-state index in [1.165, 1.54) is 4.90 Å². The molecule has 8 heteroatoms. The van der Waals surface area contributed by atoms with Crippen LogP contribution in [0.3, 0.4) is 0 Å². The molecule has 0 radical (unpaired) electrons. The van der Waals surface area contributed by atoms with Crippen molar-refractivity contribution in [3.8, 4) is 5.75 Å². The van der Waals surface area contributed by atoms with Crippen LogP contribution < -0.4 is 9.64 Å². The summed E-state index contributed by atoms with van der Waals surface area (Å²) in [5.41, 5.74) is 1.17. The van der Waals surface area contributed by atoms with Crippen LogP contribution in [-0.2, 0) is 9.59 Å². The lowest BCUT2D eigenvalue weighted by Crippen LogP contribution is -2.53. The van der Waals surface area contributed by atoms with Crippen LogP contribution >= 0.6 is 0 Å². The molecular formula is C23H26N4O4. The molecule has 2 aromatic rings. The van der Waals surface area contributed by atoms with Crippen molar-refractivity contribution in [1.29, 1.82) is 0 Å². The van der Waals surface area contributed by atoms with E-state index in [4.69, 9.17) is 4.74 Å². The monoisotopic (exact) mass is 422 g/mol. The second-order valence-corrected chi connectivity index (χ2v) is 7.69. The van der Waals surface area contributed by atoms with Gasteiger partial charge in [-0.15, -0.1) is 0 Å². The molecule has 3 amide bonds. The fourth-order valence-corrected chi connectivity index (χ4v) is 4.00. The molecule has 31 heavy (non-hydrogen) atoms. The number of piperazine rings is 1. The predicted octanol–water partition coefficient (Wildman–Crippen LogP) is 1.96. The maximum atomic E-state index is 13.1. The molecule has 0 aliphatic carbocycles. The standard InChI is InChI=1S/C23H26N4O4/c1-2-15-31-19-5-3-18(4-6-19)27-21(28)16-20(23(27)30)25-11-13-26(14-12-25)22(29)17-7-9-24-10-8-17/h3-10,20H,2,11-16H2,1H3/t20-/m1/s1. The number of rotatable bonds is 6. The fourth-order valence-electron chi connectivity index (χ4n) is 4.00. The van der Waals surface area contributed by atoms with Crippen LogP contribution in [0.4, 0.5) is 5.69 Å². The van der Waals surface area contributed by atoms with Gasteiger partial charge in [0, 0.05) is 44.1 Å². The summed E-state index contributed by atoms with van der Waals surface area (Å²) in [6.07, 6.45) is 4.27. The second-order valence-electron chi connectivity index (χ2n) is 7.69. The van der Waals surface area contributed by atoms with E-state index in [2.05, 4.69) is 4.98 Å². The molecule has 0 unspecified atom stereocenters. The Morgan fingerprint density at radius 3 is 2.35 bits per heavy atom. The van der Waals surface area contributed by atoms with E-state index in [9.17, 15) is 14.4 Å². The molecule has 1 aromatic heterocycles. The van der Waals surface area contributed by atoms with Gasteiger partial charge in [0.2, 0.25) is 5.91 Å². The summed E-state index contributed by atoms with van der Waals surface area (Å²) in [4.78, 5) is 47.3. The van der Waals surface area contributed by atoms with E-state index in [0.29, 0.717) is 44.0 Å². The molecule has 2 fully saturated rings. The van der Waals surface area contributed by atoms with Crippen LogP contribution in [0.1, 0.15) is 30.1 Å². The molecule has 2 aliphatic rings. The van der Waals surface area contributed by atoms with Crippen molar-refractivity contribution in [3.05, 3.63) is 54.4 Å². The maximum absolute atomic E-state index is 13.1. The van der Waals surface area contributed by atoms with Gasteiger partial charge in [-0.05, 0) is 42.8 Å². The third-order valence-corrected chi connectivity index (χ3v) is 5.66. The highest BCUT2D eigenvalue weighted by atomic mass is 16.5. The predicted molar refractivity (Wildman–Crippen MR) is 115 cm³/mol. The number of carbonyl (C=O) groups excluding carboxylic acids is 3. The summed E-state index contributed by atoms with van der Waals surface area (Å²) in [6.45, 7) is 4.80. The molecule has 1 atom stereocenters. The lowest BCUT2D eigenvalue weighted by Gasteiger charge is -2.37. The highest BCUT2D eigenvalue weighted by Gasteiger charge is 2.43. The van der Waals surface area contributed by atoms with E-state index in [0.717, 1.165) is 12.2 Å². The molecule has 0 spiro atoms. The third kappa shape index (κ3) is 4.44. The lowest BCUT2D eigenvalue weighted by molar-refractivity contribution is -0.123. The molecule has 0 N–H and O–H groups in total. The summed E-state index contributed by atoms with van der Waals surface area (Å²) in [7, 11) is 0. The highest BCUT2D eigenvalue weighted by molar-refractivity contribution is 6.22. The Labute approximate surface area is 181 Å². The second kappa shape index (κ2) is 9.26. The summed E-state index contributed by atoms with van der Waals surface area (Å²) < 4.78 is 5.57. The van der Waals surface area contributed by atoms with E-state index in [1.54, 1.807) is 53.7 Å². The fraction of sp³-hybridized carbons (Fsp3) is 0.391. The topological polar surface area (TPSA) is 83.1 Å². The van der Waals surface area contributed by atoms with Crippen molar-refractivity contribution in [2.45, 2.75) is 25.8 Å². The number of nitrogens with zero attached hydrogens (tertiary/aromatic N) is 4.